The second-order valence-electron chi connectivity index (χ2n) is 5.64. The van der Waals surface area contributed by atoms with E-state index >= 15 is 0 Å². The van der Waals surface area contributed by atoms with Crippen molar-refractivity contribution >= 4 is 16.0 Å². The Kier molecular flexibility index (Phi) is 5.55. The van der Waals surface area contributed by atoms with E-state index in [1.807, 2.05) is 7.05 Å². The number of rotatable bonds is 5. The number of ether oxygens (including phenoxy) is 1. The van der Waals surface area contributed by atoms with Gasteiger partial charge < -0.3 is 9.64 Å². The predicted molar refractivity (Wildman–Crippen MR) is 84.1 cm³/mol. The number of likely N-dealkylation sites (tertiary alicyclic amines) is 1. The van der Waals surface area contributed by atoms with Gasteiger partial charge in [-0.15, -0.1) is 0 Å². The van der Waals surface area contributed by atoms with Crippen LogP contribution in [0.15, 0.2) is 24.3 Å². The zero-order valence-corrected chi connectivity index (χ0v) is 13.7. The molecular formula is C15H22N2O4S. The van der Waals surface area contributed by atoms with E-state index < -0.39 is 16.0 Å². The average molecular weight is 326 g/mol. The molecule has 1 saturated heterocycles. The third-order valence-corrected chi connectivity index (χ3v) is 5.20. The molecule has 1 heterocycles. The Morgan fingerprint density at radius 3 is 2.41 bits per heavy atom. The molecule has 0 aromatic heterocycles. The first-order chi connectivity index (χ1) is 10.4. The first-order valence-electron chi connectivity index (χ1n) is 7.25. The van der Waals surface area contributed by atoms with Gasteiger partial charge in [0.05, 0.1) is 18.4 Å². The molecule has 0 atom stereocenters. The quantitative estimate of drug-likeness (QED) is 0.817. The number of benzene rings is 1. The van der Waals surface area contributed by atoms with Crippen LogP contribution in [0.5, 0.6) is 0 Å². The van der Waals surface area contributed by atoms with Crippen LogP contribution in [0.4, 0.5) is 0 Å². The lowest BCUT2D eigenvalue weighted by atomic mass is 10.1. The number of hydrogen-bond donors (Lipinski definition) is 1. The van der Waals surface area contributed by atoms with E-state index in [1.54, 1.807) is 24.3 Å². The van der Waals surface area contributed by atoms with Gasteiger partial charge in [-0.05, 0) is 50.7 Å². The lowest BCUT2D eigenvalue weighted by Gasteiger charge is -2.29. The minimum atomic E-state index is -3.38. The lowest BCUT2D eigenvalue weighted by Crippen LogP contribution is -2.43. The van der Waals surface area contributed by atoms with Gasteiger partial charge in [-0.2, -0.15) is 0 Å². The van der Waals surface area contributed by atoms with Crippen molar-refractivity contribution in [2.24, 2.45) is 0 Å². The van der Waals surface area contributed by atoms with Gasteiger partial charge >= 0.3 is 5.97 Å². The third kappa shape index (κ3) is 4.79. The molecule has 0 saturated carbocycles. The highest BCUT2D eigenvalue weighted by Crippen LogP contribution is 2.13. The summed E-state index contributed by atoms with van der Waals surface area (Å²) in [5.74, 6) is -0.514. The van der Waals surface area contributed by atoms with E-state index in [0.717, 1.165) is 25.9 Å². The van der Waals surface area contributed by atoms with Gasteiger partial charge in [-0.25, -0.2) is 17.9 Å². The molecule has 0 spiro atoms. The number of methoxy groups -OCH3 is 1. The molecule has 122 valence electrons. The van der Waals surface area contributed by atoms with E-state index in [2.05, 4.69) is 14.4 Å². The zero-order chi connectivity index (χ0) is 16.2. The molecule has 0 radical (unpaired) electrons. The zero-order valence-electron chi connectivity index (χ0n) is 12.9. The highest BCUT2D eigenvalue weighted by atomic mass is 32.2. The summed E-state index contributed by atoms with van der Waals surface area (Å²) in [4.78, 5) is 13.5. The maximum atomic E-state index is 12.2. The number of esters is 1. The Morgan fingerprint density at radius 1 is 1.27 bits per heavy atom. The van der Waals surface area contributed by atoms with Crippen molar-refractivity contribution in [1.29, 1.82) is 0 Å². The van der Waals surface area contributed by atoms with Crippen LogP contribution < -0.4 is 4.72 Å². The average Bonchev–Trinajstić information content (AvgIpc) is 2.49. The van der Waals surface area contributed by atoms with Crippen molar-refractivity contribution in [3.05, 3.63) is 35.4 Å². The standard InChI is InChI=1S/C15H22N2O4S/c1-17-9-7-14(8-10-17)16-22(19,20)11-12-3-5-13(6-4-12)15(18)21-2/h3-6,14,16H,7-11H2,1-2H3. The molecule has 0 unspecified atom stereocenters. The SMILES string of the molecule is COC(=O)c1ccc(CS(=O)(=O)NC2CCN(C)CC2)cc1. The topological polar surface area (TPSA) is 75.7 Å². The number of carbonyl (C=O) groups is 1. The molecule has 0 aliphatic carbocycles. The van der Waals surface area contributed by atoms with Gasteiger partial charge in [0.15, 0.2) is 0 Å². The fourth-order valence-corrected chi connectivity index (χ4v) is 3.95. The Hall–Kier alpha value is -1.44. The van der Waals surface area contributed by atoms with Crippen molar-refractivity contribution in [1.82, 2.24) is 9.62 Å². The summed E-state index contributed by atoms with van der Waals surface area (Å²) in [5.41, 5.74) is 1.06. The number of sulfonamides is 1. The number of nitrogens with zero attached hydrogens (tertiary/aromatic N) is 1. The summed E-state index contributed by atoms with van der Waals surface area (Å²) in [7, 11) is -0.0281. The largest absolute Gasteiger partial charge is 0.465 e. The van der Waals surface area contributed by atoms with Crippen LogP contribution >= 0.6 is 0 Å². The van der Waals surface area contributed by atoms with E-state index in [1.165, 1.54) is 7.11 Å². The summed E-state index contributed by atoms with van der Waals surface area (Å²) >= 11 is 0. The molecule has 1 aliphatic heterocycles. The summed E-state index contributed by atoms with van der Waals surface area (Å²) in [6, 6.07) is 6.44. The fraction of sp³-hybridized carbons (Fsp3) is 0.533. The number of piperidine rings is 1. The second-order valence-corrected chi connectivity index (χ2v) is 7.40. The molecule has 2 rings (SSSR count). The molecule has 0 amide bonds. The minimum absolute atomic E-state index is 0.00976. The van der Waals surface area contributed by atoms with Crippen molar-refractivity contribution < 1.29 is 17.9 Å². The van der Waals surface area contributed by atoms with Crippen LogP contribution in [-0.4, -0.2) is 52.6 Å². The van der Waals surface area contributed by atoms with E-state index in [0.29, 0.717) is 11.1 Å². The van der Waals surface area contributed by atoms with Gasteiger partial charge in [-0.3, -0.25) is 0 Å². The number of nitrogens with one attached hydrogen (secondary N) is 1. The fourth-order valence-electron chi connectivity index (χ4n) is 2.50. The van der Waals surface area contributed by atoms with Crippen molar-refractivity contribution in [2.45, 2.75) is 24.6 Å². The summed E-state index contributed by atoms with van der Waals surface area (Å²) in [6.07, 6.45) is 1.66. The van der Waals surface area contributed by atoms with Crippen LogP contribution in [0, 0.1) is 0 Å². The minimum Gasteiger partial charge on any atom is -0.465 e. The van der Waals surface area contributed by atoms with Crippen LogP contribution in [0.1, 0.15) is 28.8 Å². The van der Waals surface area contributed by atoms with Gasteiger partial charge in [0.1, 0.15) is 0 Å². The molecule has 6 nitrogen and oxygen atoms in total. The van der Waals surface area contributed by atoms with Crippen LogP contribution in [-0.2, 0) is 20.5 Å². The maximum Gasteiger partial charge on any atom is 0.337 e. The van der Waals surface area contributed by atoms with Gasteiger partial charge in [0.25, 0.3) is 0 Å². The Bertz CT molecular complexity index is 605. The van der Waals surface area contributed by atoms with E-state index in [9.17, 15) is 13.2 Å². The molecular weight excluding hydrogens is 304 g/mol. The van der Waals surface area contributed by atoms with Gasteiger partial charge in [-0.1, -0.05) is 12.1 Å². The number of carbonyl (C=O) groups excluding carboxylic acids is 1. The molecule has 0 bridgehead atoms. The Balaban J connectivity index is 1.95. The van der Waals surface area contributed by atoms with E-state index in [4.69, 9.17) is 0 Å². The Morgan fingerprint density at radius 2 is 1.86 bits per heavy atom. The lowest BCUT2D eigenvalue weighted by molar-refractivity contribution is 0.0600. The smallest absolute Gasteiger partial charge is 0.337 e. The van der Waals surface area contributed by atoms with Crippen molar-refractivity contribution in [2.75, 3.05) is 27.2 Å². The maximum absolute atomic E-state index is 12.2. The molecule has 7 heteroatoms. The van der Waals surface area contributed by atoms with E-state index in [-0.39, 0.29) is 11.8 Å². The highest BCUT2D eigenvalue weighted by Gasteiger charge is 2.22. The second kappa shape index (κ2) is 7.21. The molecule has 1 N–H and O–H groups in total. The summed E-state index contributed by atoms with van der Waals surface area (Å²) in [5, 5.41) is 0. The predicted octanol–water partition coefficient (Wildman–Crippen LogP) is 0.987. The first kappa shape index (κ1) is 16.9. The molecule has 1 fully saturated rings. The highest BCUT2D eigenvalue weighted by molar-refractivity contribution is 7.88. The van der Waals surface area contributed by atoms with Crippen molar-refractivity contribution in [3.63, 3.8) is 0 Å². The normalized spacial score (nSPS) is 17.4. The van der Waals surface area contributed by atoms with Gasteiger partial charge in [0.2, 0.25) is 10.0 Å². The molecule has 1 aliphatic rings. The number of hydrogen-bond acceptors (Lipinski definition) is 5. The monoisotopic (exact) mass is 326 g/mol. The summed E-state index contributed by atoms with van der Waals surface area (Å²) < 4.78 is 31.8. The molecule has 1 aromatic carbocycles. The molecule has 22 heavy (non-hydrogen) atoms. The first-order valence-corrected chi connectivity index (χ1v) is 8.90. The van der Waals surface area contributed by atoms with Crippen LogP contribution in [0.25, 0.3) is 0 Å². The van der Waals surface area contributed by atoms with Crippen LogP contribution in [0.3, 0.4) is 0 Å². The van der Waals surface area contributed by atoms with Gasteiger partial charge in [0, 0.05) is 6.04 Å². The Labute approximate surface area is 131 Å². The van der Waals surface area contributed by atoms with Crippen LogP contribution in [0.2, 0.25) is 0 Å². The summed E-state index contributed by atoms with van der Waals surface area (Å²) in [6.45, 7) is 1.81. The molecule has 1 aromatic rings. The van der Waals surface area contributed by atoms with Crippen molar-refractivity contribution in [3.8, 4) is 0 Å². The third-order valence-electron chi connectivity index (χ3n) is 3.80.